The summed E-state index contributed by atoms with van der Waals surface area (Å²) in [6, 6.07) is 6.44. The van der Waals surface area contributed by atoms with Gasteiger partial charge in [0.1, 0.15) is 0 Å². The van der Waals surface area contributed by atoms with Crippen LogP contribution < -0.4 is 5.32 Å². The molecule has 2 rings (SSSR count). The summed E-state index contributed by atoms with van der Waals surface area (Å²) in [5.41, 5.74) is 0.770. The van der Waals surface area contributed by atoms with Crippen LogP contribution in [0, 0.1) is 0 Å². The van der Waals surface area contributed by atoms with Crippen molar-refractivity contribution in [2.45, 2.75) is 12.5 Å². The zero-order chi connectivity index (χ0) is 16.9. The monoisotopic (exact) mass is 357 g/mol. The number of hydrogen-bond acceptors (Lipinski definition) is 5. The van der Waals surface area contributed by atoms with Gasteiger partial charge in [-0.3, -0.25) is 4.79 Å². The number of rotatable bonds is 5. The summed E-state index contributed by atoms with van der Waals surface area (Å²) in [6.07, 6.45) is 3.13. The van der Waals surface area contributed by atoms with Gasteiger partial charge in [-0.2, -0.15) is 0 Å². The largest absolute Gasteiger partial charge is 0.452 e. The van der Waals surface area contributed by atoms with Gasteiger partial charge in [0.2, 0.25) is 0 Å². The Balaban J connectivity index is 1.73. The molecule has 1 atom stereocenters. The van der Waals surface area contributed by atoms with Gasteiger partial charge in [-0.15, -0.1) is 0 Å². The highest BCUT2D eigenvalue weighted by molar-refractivity contribution is 7.91. The molecule has 124 valence electrons. The van der Waals surface area contributed by atoms with E-state index in [-0.39, 0.29) is 11.5 Å². The molecule has 1 fully saturated rings. The van der Waals surface area contributed by atoms with E-state index in [1.54, 1.807) is 30.3 Å². The van der Waals surface area contributed by atoms with Crippen molar-refractivity contribution in [3.05, 3.63) is 40.9 Å². The Morgan fingerprint density at radius 2 is 2.00 bits per heavy atom. The molecule has 1 aliphatic rings. The van der Waals surface area contributed by atoms with Crippen LogP contribution in [-0.2, 0) is 24.2 Å². The molecular weight excluding hydrogens is 342 g/mol. The Labute approximate surface area is 139 Å². The van der Waals surface area contributed by atoms with E-state index < -0.39 is 34.4 Å². The minimum absolute atomic E-state index is 0.0663. The van der Waals surface area contributed by atoms with Crippen molar-refractivity contribution in [2.24, 2.45) is 0 Å². The summed E-state index contributed by atoms with van der Waals surface area (Å²) in [4.78, 5) is 23.1. The van der Waals surface area contributed by atoms with Crippen molar-refractivity contribution in [3.8, 4) is 0 Å². The highest BCUT2D eigenvalue weighted by Gasteiger charge is 2.28. The molecule has 0 saturated carbocycles. The molecule has 1 aliphatic heterocycles. The Kier molecular flexibility index (Phi) is 5.79. The second-order valence-electron chi connectivity index (χ2n) is 5.16. The number of sulfone groups is 1. The summed E-state index contributed by atoms with van der Waals surface area (Å²) in [6.45, 7) is -0.444. The minimum atomic E-state index is -3.06. The summed E-state index contributed by atoms with van der Waals surface area (Å²) in [5, 5.41) is 3.13. The van der Waals surface area contributed by atoms with E-state index >= 15 is 0 Å². The van der Waals surface area contributed by atoms with E-state index in [9.17, 15) is 18.0 Å². The number of nitrogens with one attached hydrogen (secondary N) is 1. The van der Waals surface area contributed by atoms with Crippen molar-refractivity contribution < 1.29 is 22.7 Å². The van der Waals surface area contributed by atoms with Gasteiger partial charge in [0.05, 0.1) is 11.5 Å². The van der Waals surface area contributed by atoms with Crippen LogP contribution in [-0.4, -0.2) is 44.4 Å². The van der Waals surface area contributed by atoms with E-state index in [0.717, 1.165) is 5.56 Å². The molecule has 8 heteroatoms. The summed E-state index contributed by atoms with van der Waals surface area (Å²) >= 11 is 5.75. The van der Waals surface area contributed by atoms with Crippen LogP contribution in [0.1, 0.15) is 12.0 Å². The molecule has 23 heavy (non-hydrogen) atoms. The van der Waals surface area contributed by atoms with Crippen LogP contribution in [0.2, 0.25) is 5.02 Å². The molecule has 0 aliphatic carbocycles. The number of esters is 1. The average Bonchev–Trinajstić information content (AvgIpc) is 2.83. The molecule has 1 aromatic carbocycles. The number of amides is 1. The Morgan fingerprint density at radius 3 is 2.61 bits per heavy atom. The Hall–Kier alpha value is -1.86. The minimum Gasteiger partial charge on any atom is -0.452 e. The van der Waals surface area contributed by atoms with Crippen molar-refractivity contribution in [1.82, 2.24) is 5.32 Å². The fraction of sp³-hybridized carbons (Fsp3) is 0.333. The topological polar surface area (TPSA) is 89.5 Å². The van der Waals surface area contributed by atoms with Gasteiger partial charge in [-0.05, 0) is 30.2 Å². The van der Waals surface area contributed by atoms with Crippen LogP contribution in [0.5, 0.6) is 0 Å². The molecule has 1 aromatic rings. The number of carbonyl (C=O) groups excluding carboxylic acids is 2. The maximum atomic E-state index is 11.6. The van der Waals surface area contributed by atoms with E-state index in [1.807, 2.05) is 0 Å². The lowest BCUT2D eigenvalue weighted by atomic mass is 10.2. The van der Waals surface area contributed by atoms with Crippen molar-refractivity contribution in [1.29, 1.82) is 0 Å². The summed E-state index contributed by atoms with van der Waals surface area (Å²) < 4.78 is 27.3. The van der Waals surface area contributed by atoms with Crippen LogP contribution >= 0.6 is 11.6 Å². The third-order valence-corrected chi connectivity index (χ3v) is 5.24. The molecular formula is C15H16ClNO5S. The zero-order valence-corrected chi connectivity index (χ0v) is 13.8. The van der Waals surface area contributed by atoms with Crippen LogP contribution in [0.4, 0.5) is 0 Å². The molecule has 1 saturated heterocycles. The van der Waals surface area contributed by atoms with Gasteiger partial charge < -0.3 is 10.1 Å². The Morgan fingerprint density at radius 1 is 1.30 bits per heavy atom. The number of halogens is 1. The number of benzene rings is 1. The second kappa shape index (κ2) is 7.61. The van der Waals surface area contributed by atoms with Gasteiger partial charge in [0, 0.05) is 17.1 Å². The van der Waals surface area contributed by atoms with E-state index in [0.29, 0.717) is 11.4 Å². The highest BCUT2D eigenvalue weighted by atomic mass is 35.5. The van der Waals surface area contributed by atoms with Crippen LogP contribution in [0.25, 0.3) is 6.08 Å². The average molecular weight is 358 g/mol. The SMILES string of the molecule is O=C(COC(=O)/C=C/c1ccc(Cl)cc1)NC1CCS(=O)(=O)C1. The predicted molar refractivity (Wildman–Crippen MR) is 86.6 cm³/mol. The highest BCUT2D eigenvalue weighted by Crippen LogP contribution is 2.11. The fourth-order valence-corrected chi connectivity index (χ4v) is 3.90. The van der Waals surface area contributed by atoms with Gasteiger partial charge in [0.15, 0.2) is 16.4 Å². The molecule has 1 amide bonds. The molecule has 0 aromatic heterocycles. The standard InChI is InChI=1S/C15H16ClNO5S/c16-12-4-1-11(2-5-12)3-6-15(19)22-9-14(18)17-13-7-8-23(20,21)10-13/h1-6,13H,7-10H2,(H,17,18)/b6-3+. The molecule has 0 bridgehead atoms. The third-order valence-electron chi connectivity index (χ3n) is 3.22. The lowest BCUT2D eigenvalue weighted by molar-refractivity contribution is -0.143. The normalized spacial score (nSPS) is 19.6. The molecule has 1 heterocycles. The molecule has 6 nitrogen and oxygen atoms in total. The predicted octanol–water partition coefficient (Wildman–Crippen LogP) is 1.20. The first-order valence-corrected chi connectivity index (χ1v) is 9.14. The lowest BCUT2D eigenvalue weighted by Crippen LogP contribution is -2.38. The number of hydrogen-bond donors (Lipinski definition) is 1. The molecule has 0 radical (unpaired) electrons. The molecule has 1 unspecified atom stereocenters. The second-order valence-corrected chi connectivity index (χ2v) is 7.83. The van der Waals surface area contributed by atoms with Crippen LogP contribution in [0.15, 0.2) is 30.3 Å². The van der Waals surface area contributed by atoms with Crippen LogP contribution in [0.3, 0.4) is 0 Å². The van der Waals surface area contributed by atoms with E-state index in [4.69, 9.17) is 16.3 Å². The fourth-order valence-electron chi connectivity index (χ4n) is 2.10. The van der Waals surface area contributed by atoms with Gasteiger partial charge in [-0.1, -0.05) is 23.7 Å². The van der Waals surface area contributed by atoms with E-state index in [1.165, 1.54) is 6.08 Å². The smallest absolute Gasteiger partial charge is 0.331 e. The first-order chi connectivity index (χ1) is 10.8. The quantitative estimate of drug-likeness (QED) is 0.631. The maximum absolute atomic E-state index is 11.6. The number of carbonyl (C=O) groups is 2. The van der Waals surface area contributed by atoms with Gasteiger partial charge in [-0.25, -0.2) is 13.2 Å². The lowest BCUT2D eigenvalue weighted by Gasteiger charge is -2.10. The molecule has 1 N–H and O–H groups in total. The first-order valence-electron chi connectivity index (χ1n) is 6.94. The maximum Gasteiger partial charge on any atom is 0.331 e. The summed E-state index contributed by atoms with van der Waals surface area (Å²) in [5.74, 6) is -1.17. The number of ether oxygens (including phenoxy) is 1. The van der Waals surface area contributed by atoms with E-state index in [2.05, 4.69) is 5.32 Å². The third kappa shape index (κ3) is 6.03. The Bertz CT molecular complexity index is 712. The van der Waals surface area contributed by atoms with Gasteiger partial charge >= 0.3 is 5.97 Å². The first kappa shape index (κ1) is 17.5. The van der Waals surface area contributed by atoms with Crippen molar-refractivity contribution in [2.75, 3.05) is 18.1 Å². The summed E-state index contributed by atoms with van der Waals surface area (Å²) in [7, 11) is -3.06. The molecule has 0 spiro atoms. The van der Waals surface area contributed by atoms with Gasteiger partial charge in [0.25, 0.3) is 5.91 Å². The van der Waals surface area contributed by atoms with Crippen molar-refractivity contribution in [3.63, 3.8) is 0 Å². The zero-order valence-electron chi connectivity index (χ0n) is 12.2. The van der Waals surface area contributed by atoms with Crippen molar-refractivity contribution >= 4 is 39.4 Å².